The molecule has 9 heteroatoms. The number of hydrogen-bond donors (Lipinski definition) is 0. The van der Waals surface area contributed by atoms with Crippen molar-refractivity contribution in [1.82, 2.24) is 25.0 Å². The first kappa shape index (κ1) is 18.1. The van der Waals surface area contributed by atoms with Crippen molar-refractivity contribution in [2.75, 3.05) is 17.2 Å². The van der Waals surface area contributed by atoms with Crippen molar-refractivity contribution in [3.8, 4) is 5.69 Å². The van der Waals surface area contributed by atoms with Crippen LogP contribution in [0.3, 0.4) is 0 Å². The molecule has 0 radical (unpaired) electrons. The van der Waals surface area contributed by atoms with Gasteiger partial charge in [0.2, 0.25) is 5.91 Å². The molecule has 0 saturated carbocycles. The minimum atomic E-state index is 0.0499. The number of para-hydroxylation sites is 1. The molecule has 144 valence electrons. The maximum atomic E-state index is 12.8. The lowest BCUT2D eigenvalue weighted by Crippen LogP contribution is -2.30. The molecule has 29 heavy (non-hydrogen) atoms. The number of aromatic nitrogens is 5. The van der Waals surface area contributed by atoms with Crippen molar-refractivity contribution < 1.29 is 4.79 Å². The summed E-state index contributed by atoms with van der Waals surface area (Å²) in [6.45, 7) is 0.711. The first-order chi connectivity index (χ1) is 14.2. The molecule has 0 fully saturated rings. The largest absolute Gasteiger partial charge is 0.311 e. The van der Waals surface area contributed by atoms with Gasteiger partial charge in [-0.1, -0.05) is 52.8 Å². The van der Waals surface area contributed by atoms with Crippen LogP contribution in [0.25, 0.3) is 16.9 Å². The molecule has 0 bridgehead atoms. The summed E-state index contributed by atoms with van der Waals surface area (Å²) in [7, 11) is 0. The van der Waals surface area contributed by atoms with Gasteiger partial charge in [-0.05, 0) is 36.2 Å². The van der Waals surface area contributed by atoms with E-state index in [1.165, 1.54) is 23.7 Å². The highest BCUT2D eigenvalue weighted by atomic mass is 35.5. The standard InChI is InChI=1S/C20H15ClN6OS/c21-14-5-3-6-15(10-14)27-19-18(24-25-27)20(23-12-22-19)29-11-17(28)26-9-8-13-4-1-2-7-16(13)26/h1-7,10,12H,8-9,11H2. The Kier molecular flexibility index (Phi) is 4.65. The zero-order chi connectivity index (χ0) is 19.8. The minimum absolute atomic E-state index is 0.0499. The van der Waals surface area contributed by atoms with Gasteiger partial charge in [-0.3, -0.25) is 4.79 Å². The second-order valence-corrected chi connectivity index (χ2v) is 7.95. The normalized spacial score (nSPS) is 13.1. The molecule has 1 amide bonds. The molecule has 0 atom stereocenters. The van der Waals surface area contributed by atoms with Crippen molar-refractivity contribution in [3.05, 3.63) is 65.4 Å². The fourth-order valence-corrected chi connectivity index (χ4v) is 4.41. The first-order valence-electron chi connectivity index (χ1n) is 9.04. The Morgan fingerprint density at radius 3 is 2.93 bits per heavy atom. The van der Waals surface area contributed by atoms with Gasteiger partial charge in [-0.25, -0.2) is 9.97 Å². The number of rotatable bonds is 4. The van der Waals surface area contributed by atoms with Crippen molar-refractivity contribution in [2.45, 2.75) is 11.4 Å². The van der Waals surface area contributed by atoms with Crippen molar-refractivity contribution in [1.29, 1.82) is 0 Å². The van der Waals surface area contributed by atoms with Crippen LogP contribution in [0, 0.1) is 0 Å². The van der Waals surface area contributed by atoms with Crippen molar-refractivity contribution in [2.24, 2.45) is 0 Å². The lowest BCUT2D eigenvalue weighted by Gasteiger charge is -2.16. The van der Waals surface area contributed by atoms with E-state index in [-0.39, 0.29) is 11.7 Å². The van der Waals surface area contributed by atoms with E-state index in [4.69, 9.17) is 11.6 Å². The topological polar surface area (TPSA) is 76.8 Å². The third kappa shape index (κ3) is 3.34. The zero-order valence-electron chi connectivity index (χ0n) is 15.2. The molecule has 0 aliphatic carbocycles. The molecule has 0 unspecified atom stereocenters. The minimum Gasteiger partial charge on any atom is -0.311 e. The molecule has 4 aromatic rings. The number of amides is 1. The number of carbonyl (C=O) groups is 1. The Bertz CT molecular complexity index is 1230. The Morgan fingerprint density at radius 1 is 1.14 bits per heavy atom. The van der Waals surface area contributed by atoms with Crippen LogP contribution < -0.4 is 4.90 Å². The lowest BCUT2D eigenvalue weighted by molar-refractivity contribution is -0.116. The van der Waals surface area contributed by atoms with E-state index >= 15 is 0 Å². The highest BCUT2D eigenvalue weighted by Gasteiger charge is 2.24. The Hall–Kier alpha value is -2.97. The van der Waals surface area contributed by atoms with Crippen LogP contribution in [0.15, 0.2) is 59.9 Å². The average molecular weight is 423 g/mol. The molecule has 5 rings (SSSR count). The molecule has 0 spiro atoms. The number of nitrogens with zero attached hydrogens (tertiary/aromatic N) is 6. The van der Waals surface area contributed by atoms with Crippen LogP contribution >= 0.6 is 23.4 Å². The molecular formula is C20H15ClN6OS. The number of thioether (sulfide) groups is 1. The van der Waals surface area contributed by atoms with Gasteiger partial charge in [0, 0.05) is 17.3 Å². The van der Waals surface area contributed by atoms with E-state index in [9.17, 15) is 4.79 Å². The van der Waals surface area contributed by atoms with E-state index in [1.807, 2.05) is 35.2 Å². The number of benzene rings is 2. The average Bonchev–Trinajstić information content (AvgIpc) is 3.37. The molecule has 3 heterocycles. The van der Waals surface area contributed by atoms with Crippen LogP contribution in [-0.2, 0) is 11.2 Å². The third-order valence-corrected chi connectivity index (χ3v) is 5.98. The van der Waals surface area contributed by atoms with Gasteiger partial charge in [0.1, 0.15) is 11.4 Å². The summed E-state index contributed by atoms with van der Waals surface area (Å²) in [6, 6.07) is 15.3. The number of carbonyl (C=O) groups excluding carboxylic acids is 1. The second kappa shape index (κ2) is 7.46. The van der Waals surface area contributed by atoms with Gasteiger partial charge in [0.05, 0.1) is 11.4 Å². The Labute approximate surface area is 175 Å². The van der Waals surface area contributed by atoms with Gasteiger partial charge in [0.25, 0.3) is 0 Å². The predicted octanol–water partition coefficient (Wildman–Crippen LogP) is 3.55. The van der Waals surface area contributed by atoms with Gasteiger partial charge in [-0.15, -0.1) is 5.10 Å². The molecular weight excluding hydrogens is 408 g/mol. The monoisotopic (exact) mass is 422 g/mol. The molecule has 2 aromatic heterocycles. The molecule has 0 N–H and O–H groups in total. The zero-order valence-corrected chi connectivity index (χ0v) is 16.8. The van der Waals surface area contributed by atoms with Crippen LogP contribution in [0.1, 0.15) is 5.56 Å². The summed E-state index contributed by atoms with van der Waals surface area (Å²) in [6.07, 6.45) is 2.35. The Balaban J connectivity index is 1.38. The van der Waals surface area contributed by atoms with Gasteiger partial charge < -0.3 is 4.90 Å². The lowest BCUT2D eigenvalue weighted by atomic mass is 10.2. The van der Waals surface area contributed by atoms with Crippen LogP contribution in [0.4, 0.5) is 5.69 Å². The van der Waals surface area contributed by atoms with E-state index in [1.54, 1.807) is 16.8 Å². The van der Waals surface area contributed by atoms with Crippen LogP contribution in [-0.4, -0.2) is 43.2 Å². The summed E-state index contributed by atoms with van der Waals surface area (Å²) in [5.41, 5.74) is 4.10. The summed E-state index contributed by atoms with van der Waals surface area (Å²) in [5.74, 6) is 0.318. The van der Waals surface area contributed by atoms with E-state index in [2.05, 4.69) is 26.3 Å². The quantitative estimate of drug-likeness (QED) is 0.370. The molecule has 0 saturated heterocycles. The molecule has 1 aliphatic heterocycles. The number of anilines is 1. The number of hydrogen-bond acceptors (Lipinski definition) is 6. The van der Waals surface area contributed by atoms with Gasteiger partial charge in [-0.2, -0.15) is 4.68 Å². The predicted molar refractivity (Wildman–Crippen MR) is 113 cm³/mol. The molecule has 2 aromatic carbocycles. The first-order valence-corrected chi connectivity index (χ1v) is 10.4. The SMILES string of the molecule is O=C(CSc1ncnc2c1nnn2-c1cccc(Cl)c1)N1CCc2ccccc21. The number of halogens is 1. The van der Waals surface area contributed by atoms with E-state index in [0.717, 1.165) is 17.8 Å². The van der Waals surface area contributed by atoms with Crippen LogP contribution in [0.2, 0.25) is 5.02 Å². The number of fused-ring (bicyclic) bond motifs is 2. The second-order valence-electron chi connectivity index (χ2n) is 6.54. The highest BCUT2D eigenvalue weighted by Crippen LogP contribution is 2.30. The van der Waals surface area contributed by atoms with Gasteiger partial charge >= 0.3 is 0 Å². The smallest absolute Gasteiger partial charge is 0.237 e. The summed E-state index contributed by atoms with van der Waals surface area (Å²) in [5, 5.41) is 9.67. The summed E-state index contributed by atoms with van der Waals surface area (Å²) < 4.78 is 1.62. The van der Waals surface area contributed by atoms with Crippen molar-refractivity contribution in [3.63, 3.8) is 0 Å². The van der Waals surface area contributed by atoms with Crippen LogP contribution in [0.5, 0.6) is 0 Å². The molecule has 1 aliphatic rings. The summed E-state index contributed by atoms with van der Waals surface area (Å²) >= 11 is 7.43. The fraction of sp³-hybridized carbons (Fsp3) is 0.150. The fourth-order valence-electron chi connectivity index (χ4n) is 3.42. The maximum Gasteiger partial charge on any atom is 0.237 e. The van der Waals surface area contributed by atoms with E-state index in [0.29, 0.717) is 27.8 Å². The summed E-state index contributed by atoms with van der Waals surface area (Å²) in [4.78, 5) is 23.3. The molecule has 7 nitrogen and oxygen atoms in total. The maximum absolute atomic E-state index is 12.8. The van der Waals surface area contributed by atoms with Crippen molar-refractivity contribution >= 4 is 46.1 Å². The van der Waals surface area contributed by atoms with Gasteiger partial charge in [0.15, 0.2) is 11.2 Å². The third-order valence-electron chi connectivity index (χ3n) is 4.78. The Morgan fingerprint density at radius 2 is 2.03 bits per heavy atom. The van der Waals surface area contributed by atoms with E-state index < -0.39 is 0 Å². The highest BCUT2D eigenvalue weighted by molar-refractivity contribution is 8.00.